The molecule has 4 rings (SSSR count). The Kier molecular flexibility index (Phi) is 4.43. The third kappa shape index (κ3) is 3.14. The molecule has 2 nitrogen and oxygen atoms in total. The molecule has 1 unspecified atom stereocenters. The van der Waals surface area contributed by atoms with Crippen molar-refractivity contribution in [2.24, 2.45) is 0 Å². The Morgan fingerprint density at radius 1 is 0.920 bits per heavy atom. The van der Waals surface area contributed by atoms with E-state index in [1.165, 1.54) is 12.1 Å². The average molecular weight is 462 g/mol. The second kappa shape index (κ2) is 6.72. The van der Waals surface area contributed by atoms with Crippen LogP contribution in [0.4, 0.5) is 4.39 Å². The van der Waals surface area contributed by atoms with Crippen LogP contribution in [0.1, 0.15) is 0 Å². The molecule has 5 heteroatoms. The first kappa shape index (κ1) is 16.5. The van der Waals surface area contributed by atoms with Crippen LogP contribution in [0.5, 0.6) is 0 Å². The molecule has 3 aromatic carbocycles. The topological polar surface area (TPSA) is 30.2 Å². The summed E-state index contributed by atoms with van der Waals surface area (Å²) < 4.78 is 33.6. The maximum absolute atomic E-state index is 13.3. The summed E-state index contributed by atoms with van der Waals surface area (Å²) in [5.41, 5.74) is 1.37. The first-order chi connectivity index (χ1) is 12.1. The van der Waals surface area contributed by atoms with Crippen LogP contribution in [0.3, 0.4) is 0 Å². The van der Waals surface area contributed by atoms with Crippen molar-refractivity contribution in [2.75, 3.05) is 0 Å². The minimum atomic E-state index is -1.41. The van der Waals surface area contributed by atoms with Crippen LogP contribution in [0.15, 0.2) is 87.0 Å². The molecular formula is C20H12FIO2S. The fraction of sp³-hybridized carbons (Fsp3) is 0. The fourth-order valence-electron chi connectivity index (χ4n) is 2.68. The molecule has 0 bridgehead atoms. The number of hydrogen-bond donors (Lipinski definition) is 0. The molecule has 4 aromatic rings. The Bertz CT molecular complexity index is 1070. The minimum absolute atomic E-state index is 0.319. The van der Waals surface area contributed by atoms with Gasteiger partial charge >= 0.3 is 0 Å². The molecular weight excluding hydrogens is 450 g/mol. The Labute approximate surface area is 160 Å². The highest BCUT2D eigenvalue weighted by Gasteiger charge is 2.22. The summed E-state index contributed by atoms with van der Waals surface area (Å²) in [4.78, 5) is 1.32. The zero-order valence-electron chi connectivity index (χ0n) is 12.9. The molecule has 0 amide bonds. The number of furan rings is 1. The molecule has 0 saturated heterocycles. The summed E-state index contributed by atoms with van der Waals surface area (Å²) in [6, 6.07) is 21.1. The number of hydrogen-bond acceptors (Lipinski definition) is 2. The van der Waals surface area contributed by atoms with E-state index in [9.17, 15) is 8.60 Å². The Morgan fingerprint density at radius 3 is 2.36 bits per heavy atom. The van der Waals surface area contributed by atoms with Crippen LogP contribution in [-0.2, 0) is 10.8 Å². The Hall–Kier alpha value is -1.99. The largest absolute Gasteiger partial charge is 0.455 e. The van der Waals surface area contributed by atoms with Crippen molar-refractivity contribution in [3.05, 3.63) is 82.2 Å². The van der Waals surface area contributed by atoms with E-state index in [4.69, 9.17) is 4.42 Å². The molecule has 0 aliphatic heterocycles. The third-order valence-electron chi connectivity index (χ3n) is 3.85. The van der Waals surface area contributed by atoms with E-state index >= 15 is 0 Å². The summed E-state index contributed by atoms with van der Waals surface area (Å²) >= 11 is 2.22. The van der Waals surface area contributed by atoms with Gasteiger partial charge in [0.2, 0.25) is 0 Å². The number of fused-ring (bicyclic) bond motifs is 1. The lowest BCUT2D eigenvalue weighted by molar-refractivity contribution is 0.618. The predicted molar refractivity (Wildman–Crippen MR) is 105 cm³/mol. The lowest BCUT2D eigenvalue weighted by Crippen LogP contribution is -1.94. The SMILES string of the molecule is O=S(c1ccccc1)c1c(-c2ccc(F)cc2)oc2ccc(I)cc12. The van der Waals surface area contributed by atoms with Gasteiger partial charge in [-0.15, -0.1) is 0 Å². The standard InChI is InChI=1S/C20H12FIO2S/c21-14-8-6-13(7-9-14)19-20(25(23)16-4-2-1-3-5-16)17-12-15(22)10-11-18(17)24-19/h1-12H. The molecule has 124 valence electrons. The first-order valence-electron chi connectivity index (χ1n) is 7.58. The summed E-state index contributed by atoms with van der Waals surface area (Å²) in [6.07, 6.45) is 0. The molecule has 0 spiro atoms. The van der Waals surface area contributed by atoms with Gasteiger partial charge in [0, 0.05) is 19.4 Å². The van der Waals surface area contributed by atoms with Crippen LogP contribution < -0.4 is 0 Å². The van der Waals surface area contributed by atoms with Gasteiger partial charge < -0.3 is 4.42 Å². The summed E-state index contributed by atoms with van der Waals surface area (Å²) in [6.45, 7) is 0. The molecule has 0 saturated carbocycles. The van der Waals surface area contributed by atoms with Crippen LogP contribution >= 0.6 is 22.6 Å². The second-order valence-electron chi connectivity index (χ2n) is 5.49. The van der Waals surface area contributed by atoms with Gasteiger partial charge in [0.15, 0.2) is 5.76 Å². The van der Waals surface area contributed by atoms with Crippen LogP contribution in [0.2, 0.25) is 0 Å². The van der Waals surface area contributed by atoms with Crippen molar-refractivity contribution >= 4 is 44.4 Å². The van der Waals surface area contributed by atoms with Gasteiger partial charge in [-0.2, -0.15) is 0 Å². The van der Waals surface area contributed by atoms with Crippen molar-refractivity contribution < 1.29 is 13.0 Å². The monoisotopic (exact) mass is 462 g/mol. The molecule has 0 aliphatic rings. The zero-order valence-corrected chi connectivity index (χ0v) is 15.9. The lowest BCUT2D eigenvalue weighted by atomic mass is 10.1. The lowest BCUT2D eigenvalue weighted by Gasteiger charge is -2.04. The smallest absolute Gasteiger partial charge is 0.151 e. The summed E-state index contributed by atoms with van der Waals surface area (Å²) in [5.74, 6) is 0.194. The average Bonchev–Trinajstić information content (AvgIpc) is 3.01. The fourth-order valence-corrected chi connectivity index (χ4v) is 4.50. The third-order valence-corrected chi connectivity index (χ3v) is 6.00. The molecule has 25 heavy (non-hydrogen) atoms. The van der Waals surface area contributed by atoms with E-state index < -0.39 is 10.8 Å². The quantitative estimate of drug-likeness (QED) is 0.349. The van der Waals surface area contributed by atoms with Crippen molar-refractivity contribution in [1.29, 1.82) is 0 Å². The molecule has 1 atom stereocenters. The predicted octanol–water partition coefficient (Wildman–Crippen LogP) is 6.01. The number of rotatable bonds is 3. The zero-order chi connectivity index (χ0) is 17.4. The van der Waals surface area contributed by atoms with Gasteiger partial charge in [0.1, 0.15) is 11.4 Å². The maximum atomic E-state index is 13.3. The highest BCUT2D eigenvalue weighted by Crippen LogP contribution is 2.38. The summed E-state index contributed by atoms with van der Waals surface area (Å²) in [5, 5.41) is 0.813. The van der Waals surface area contributed by atoms with Gasteiger partial charge in [-0.25, -0.2) is 8.60 Å². The van der Waals surface area contributed by atoms with Crippen LogP contribution in [0.25, 0.3) is 22.3 Å². The van der Waals surface area contributed by atoms with Gasteiger partial charge in [-0.05, 0) is 77.2 Å². The molecule has 0 N–H and O–H groups in total. The van der Waals surface area contributed by atoms with Gasteiger partial charge in [-0.1, -0.05) is 18.2 Å². The molecule has 1 aromatic heterocycles. The second-order valence-corrected chi connectivity index (χ2v) is 8.15. The van der Waals surface area contributed by atoms with Crippen molar-refractivity contribution in [3.8, 4) is 11.3 Å². The van der Waals surface area contributed by atoms with Gasteiger partial charge in [0.05, 0.1) is 15.7 Å². The first-order valence-corrected chi connectivity index (χ1v) is 9.81. The number of benzene rings is 3. The minimum Gasteiger partial charge on any atom is -0.455 e. The molecule has 0 radical (unpaired) electrons. The van der Waals surface area contributed by atoms with Gasteiger partial charge in [0.25, 0.3) is 0 Å². The highest BCUT2D eigenvalue weighted by atomic mass is 127. The maximum Gasteiger partial charge on any atom is 0.151 e. The Balaban J connectivity index is 1.99. The summed E-state index contributed by atoms with van der Waals surface area (Å²) in [7, 11) is -1.41. The van der Waals surface area contributed by atoms with E-state index in [1.54, 1.807) is 12.1 Å². The Morgan fingerprint density at radius 2 is 1.64 bits per heavy atom. The van der Waals surface area contributed by atoms with E-state index in [2.05, 4.69) is 22.6 Å². The molecule has 0 aliphatic carbocycles. The normalized spacial score (nSPS) is 12.4. The van der Waals surface area contributed by atoms with Crippen LogP contribution in [0, 0.1) is 9.39 Å². The molecule has 0 fully saturated rings. The molecule has 1 heterocycles. The van der Waals surface area contributed by atoms with Crippen molar-refractivity contribution in [3.63, 3.8) is 0 Å². The van der Waals surface area contributed by atoms with Crippen LogP contribution in [-0.4, -0.2) is 4.21 Å². The highest BCUT2D eigenvalue weighted by molar-refractivity contribution is 14.1. The van der Waals surface area contributed by atoms with Crippen molar-refractivity contribution in [1.82, 2.24) is 0 Å². The van der Waals surface area contributed by atoms with E-state index in [0.717, 1.165) is 8.96 Å². The van der Waals surface area contributed by atoms with E-state index in [0.29, 0.717) is 26.7 Å². The van der Waals surface area contributed by atoms with Crippen molar-refractivity contribution in [2.45, 2.75) is 9.79 Å². The van der Waals surface area contributed by atoms with Gasteiger partial charge in [-0.3, -0.25) is 0 Å². The van der Waals surface area contributed by atoms with E-state index in [1.807, 2.05) is 48.5 Å². The van der Waals surface area contributed by atoms with E-state index in [-0.39, 0.29) is 5.82 Å². The number of halogens is 2.